The molecule has 2 unspecified atom stereocenters. The van der Waals surface area contributed by atoms with Gasteiger partial charge in [0.15, 0.2) is 0 Å². The lowest BCUT2D eigenvalue weighted by Gasteiger charge is -2.36. The van der Waals surface area contributed by atoms with Crippen molar-refractivity contribution in [2.24, 2.45) is 7.05 Å². The van der Waals surface area contributed by atoms with Gasteiger partial charge in [0, 0.05) is 56.3 Å². The van der Waals surface area contributed by atoms with Crippen LogP contribution in [0.1, 0.15) is 92.9 Å². The Labute approximate surface area is 311 Å². The Bertz CT molecular complexity index is 1730. The van der Waals surface area contributed by atoms with Gasteiger partial charge < -0.3 is 24.8 Å². The summed E-state index contributed by atoms with van der Waals surface area (Å²) in [4.78, 5) is 36.7. The van der Waals surface area contributed by atoms with Crippen molar-refractivity contribution in [1.29, 1.82) is 0 Å². The summed E-state index contributed by atoms with van der Waals surface area (Å²) in [6.45, 7) is 13.2. The number of likely N-dealkylation sites (N-methyl/N-ethyl adjacent to an activating group) is 2. The van der Waals surface area contributed by atoms with Crippen LogP contribution in [0.15, 0.2) is 36.4 Å². The third kappa shape index (κ3) is 8.67. The van der Waals surface area contributed by atoms with Gasteiger partial charge in [0.25, 0.3) is 5.91 Å². The molecule has 4 heterocycles. The van der Waals surface area contributed by atoms with E-state index in [0.717, 1.165) is 100 Å². The van der Waals surface area contributed by atoms with Crippen LogP contribution in [-0.2, 0) is 30.3 Å². The highest BCUT2D eigenvalue weighted by molar-refractivity contribution is 6.07. The number of likely N-dealkylation sites (tertiary alicyclic amines) is 3. The summed E-state index contributed by atoms with van der Waals surface area (Å²) in [5.41, 5.74) is 5.80. The second-order valence-corrected chi connectivity index (χ2v) is 16.9. The standard InChI is InChI=1S/C42H63N7O3/c1-42(2,3)32-23-31(27-49-21-11-16-34(28-49)45(4)5)39(52-8)35(25-32)44-41(51)37-24-29-13-9-14-30(38(29)47(37)7)26-48-20-10-15-33(18-22-48)43-40(50)36-17-12-19-46(36)6/h9,13-14,23-25,33-34,36H,10-12,15-22,26-28H2,1-8H3,(H,43,50)(H,44,51)/t33?,34?,36-/m0/s1. The Kier molecular flexibility index (Phi) is 12.0. The van der Waals surface area contributed by atoms with E-state index in [-0.39, 0.29) is 29.3 Å². The van der Waals surface area contributed by atoms with Gasteiger partial charge >= 0.3 is 0 Å². The average molecular weight is 714 g/mol. The molecular weight excluding hydrogens is 651 g/mol. The third-order valence-electron chi connectivity index (χ3n) is 11.8. The smallest absolute Gasteiger partial charge is 0.272 e. The van der Waals surface area contributed by atoms with Gasteiger partial charge in [-0.25, -0.2) is 0 Å². The Hall–Kier alpha value is -3.44. The Morgan fingerprint density at radius 1 is 0.885 bits per heavy atom. The fourth-order valence-corrected chi connectivity index (χ4v) is 8.68. The molecule has 52 heavy (non-hydrogen) atoms. The second-order valence-electron chi connectivity index (χ2n) is 16.9. The summed E-state index contributed by atoms with van der Waals surface area (Å²) in [7, 11) is 10.1. The van der Waals surface area contributed by atoms with E-state index in [1.807, 2.05) is 13.1 Å². The Morgan fingerprint density at radius 2 is 1.62 bits per heavy atom. The van der Waals surface area contributed by atoms with Gasteiger partial charge in [-0.2, -0.15) is 0 Å². The first kappa shape index (κ1) is 38.3. The molecular formula is C42H63N7O3. The minimum atomic E-state index is -0.146. The Morgan fingerprint density at radius 3 is 2.33 bits per heavy atom. The summed E-state index contributed by atoms with van der Waals surface area (Å²) >= 11 is 0. The molecule has 0 spiro atoms. The van der Waals surface area contributed by atoms with E-state index in [4.69, 9.17) is 4.74 Å². The van der Waals surface area contributed by atoms with E-state index in [1.54, 1.807) is 7.11 Å². The minimum Gasteiger partial charge on any atom is -0.494 e. The maximum atomic E-state index is 14.2. The van der Waals surface area contributed by atoms with E-state index in [1.165, 1.54) is 24.0 Å². The number of piperidine rings is 1. The third-order valence-corrected chi connectivity index (χ3v) is 11.8. The van der Waals surface area contributed by atoms with Crippen LogP contribution >= 0.6 is 0 Å². The average Bonchev–Trinajstić information content (AvgIpc) is 3.61. The molecule has 284 valence electrons. The van der Waals surface area contributed by atoms with Crippen molar-refractivity contribution in [2.45, 2.75) is 102 Å². The van der Waals surface area contributed by atoms with Crippen LogP contribution in [0.5, 0.6) is 5.75 Å². The predicted octanol–water partition coefficient (Wildman–Crippen LogP) is 5.83. The number of methoxy groups -OCH3 is 1. The molecule has 3 atom stereocenters. The van der Waals surface area contributed by atoms with Crippen LogP contribution in [0.4, 0.5) is 5.69 Å². The lowest BCUT2D eigenvalue weighted by molar-refractivity contribution is -0.125. The number of rotatable bonds is 10. The highest BCUT2D eigenvalue weighted by Gasteiger charge is 2.30. The molecule has 0 saturated carbocycles. The molecule has 0 aliphatic carbocycles. The number of carbonyl (C=O) groups excluding carboxylic acids is 2. The number of amides is 2. The second kappa shape index (κ2) is 16.3. The van der Waals surface area contributed by atoms with E-state index < -0.39 is 0 Å². The summed E-state index contributed by atoms with van der Waals surface area (Å²) in [5.74, 6) is 0.780. The quantitative estimate of drug-likeness (QED) is 0.274. The topological polar surface area (TPSA) is 85.3 Å². The first-order valence-electron chi connectivity index (χ1n) is 19.5. The monoisotopic (exact) mass is 713 g/mol. The zero-order valence-corrected chi connectivity index (χ0v) is 33.1. The normalized spacial score (nSPS) is 22.5. The molecule has 10 nitrogen and oxygen atoms in total. The van der Waals surface area contributed by atoms with Gasteiger partial charge in [-0.1, -0.05) is 45.0 Å². The number of hydrogen-bond acceptors (Lipinski definition) is 7. The van der Waals surface area contributed by atoms with Crippen LogP contribution in [-0.4, -0.2) is 115 Å². The molecule has 3 aromatic rings. The molecule has 0 radical (unpaired) electrons. The number of carbonyl (C=O) groups is 2. The van der Waals surface area contributed by atoms with Gasteiger partial charge in [-0.05, 0) is 114 Å². The minimum absolute atomic E-state index is 0.0158. The number of aromatic nitrogens is 1. The van der Waals surface area contributed by atoms with E-state index >= 15 is 0 Å². The molecule has 2 amide bonds. The lowest BCUT2D eigenvalue weighted by atomic mass is 9.85. The fraction of sp³-hybridized carbons (Fsp3) is 0.619. The maximum Gasteiger partial charge on any atom is 0.272 e. The molecule has 3 fully saturated rings. The number of hydrogen-bond donors (Lipinski definition) is 2. The van der Waals surface area contributed by atoms with Gasteiger partial charge in [0.05, 0.1) is 24.4 Å². The molecule has 1 aromatic heterocycles. The first-order chi connectivity index (χ1) is 24.8. The van der Waals surface area contributed by atoms with E-state index in [9.17, 15) is 9.59 Å². The van der Waals surface area contributed by atoms with Gasteiger partial charge in [-0.15, -0.1) is 0 Å². The van der Waals surface area contributed by atoms with Gasteiger partial charge in [0.2, 0.25) is 5.91 Å². The van der Waals surface area contributed by atoms with Crippen molar-refractivity contribution < 1.29 is 14.3 Å². The van der Waals surface area contributed by atoms with Crippen LogP contribution < -0.4 is 15.4 Å². The first-order valence-corrected chi connectivity index (χ1v) is 19.5. The number of aryl methyl sites for hydroxylation is 1. The number of nitrogens with zero attached hydrogens (tertiary/aromatic N) is 5. The molecule has 6 rings (SSSR count). The van der Waals surface area contributed by atoms with Gasteiger partial charge in [0.1, 0.15) is 11.4 Å². The maximum absolute atomic E-state index is 14.2. The van der Waals surface area contributed by atoms with Crippen LogP contribution in [0.25, 0.3) is 10.9 Å². The summed E-state index contributed by atoms with van der Waals surface area (Å²) < 4.78 is 8.12. The molecule has 2 N–H and O–H groups in total. The van der Waals surface area contributed by atoms with E-state index in [0.29, 0.717) is 17.4 Å². The number of benzene rings is 2. The van der Waals surface area contributed by atoms with Crippen molar-refractivity contribution in [3.63, 3.8) is 0 Å². The van der Waals surface area contributed by atoms with Crippen LogP contribution in [0.3, 0.4) is 0 Å². The number of fused-ring (bicyclic) bond motifs is 1. The molecule has 3 aliphatic heterocycles. The number of para-hydroxylation sites is 1. The number of nitrogens with one attached hydrogen (secondary N) is 2. The molecule has 2 aromatic carbocycles. The van der Waals surface area contributed by atoms with Crippen molar-refractivity contribution in [2.75, 3.05) is 66.3 Å². The molecule has 0 bridgehead atoms. The van der Waals surface area contributed by atoms with Crippen molar-refractivity contribution in [3.8, 4) is 5.75 Å². The Balaban J connectivity index is 1.19. The van der Waals surface area contributed by atoms with Crippen LogP contribution in [0.2, 0.25) is 0 Å². The molecule has 3 saturated heterocycles. The highest BCUT2D eigenvalue weighted by Crippen LogP contribution is 2.37. The van der Waals surface area contributed by atoms with E-state index in [2.05, 4.69) is 107 Å². The fourth-order valence-electron chi connectivity index (χ4n) is 8.68. The largest absolute Gasteiger partial charge is 0.494 e. The summed E-state index contributed by atoms with van der Waals surface area (Å²) in [6.07, 6.45) is 7.44. The van der Waals surface area contributed by atoms with Crippen LogP contribution in [0, 0.1) is 0 Å². The zero-order chi connectivity index (χ0) is 37.2. The highest BCUT2D eigenvalue weighted by atomic mass is 16.5. The molecule has 10 heteroatoms. The number of anilines is 1. The SMILES string of the molecule is COc1c(CN2CCCC(N(C)C)C2)cc(C(C)(C)C)cc1NC(=O)c1cc2cccc(CN3CCCC(NC(=O)[C@@H]4CCCN4C)CC3)c2n1C. The lowest BCUT2D eigenvalue weighted by Crippen LogP contribution is -2.46. The molecule has 3 aliphatic rings. The van der Waals surface area contributed by atoms with Crippen molar-refractivity contribution >= 4 is 28.4 Å². The van der Waals surface area contributed by atoms with Gasteiger partial charge in [-0.3, -0.25) is 24.3 Å². The number of ether oxygens (including phenoxy) is 1. The summed E-state index contributed by atoms with van der Waals surface area (Å²) in [6, 6.07) is 13.5. The summed E-state index contributed by atoms with van der Waals surface area (Å²) in [5, 5.41) is 7.72. The van der Waals surface area contributed by atoms with Crippen molar-refractivity contribution in [1.82, 2.24) is 29.5 Å². The zero-order valence-electron chi connectivity index (χ0n) is 33.1. The predicted molar refractivity (Wildman–Crippen MR) is 211 cm³/mol. The van der Waals surface area contributed by atoms with Crippen molar-refractivity contribution in [3.05, 3.63) is 58.8 Å².